The smallest absolute Gasteiger partial charge is 0.397 e. The van der Waals surface area contributed by atoms with Crippen molar-refractivity contribution in [1.29, 1.82) is 0 Å². The van der Waals surface area contributed by atoms with Crippen LogP contribution in [0.5, 0.6) is 0 Å². The highest BCUT2D eigenvalue weighted by Gasteiger charge is 2.28. The Hall–Kier alpha value is -2.58. The standard InChI is InChI=1S/C23H25N2O5PS2/c1-4-20(30-31(3)27)17-10-8-16(14-22(17)33(28,29)5-2)23(26)25-19-13-15(9-11-18(19)24)21-7-6-12-32-21/h6-14,20H,4-5,24H2,1-3H3/p+1. The van der Waals surface area contributed by atoms with E-state index in [1.165, 1.54) is 25.7 Å². The number of nitrogens with one attached hydrogen (secondary N) is 1. The van der Waals surface area contributed by atoms with Crippen LogP contribution in [0.4, 0.5) is 11.4 Å². The third-order valence-electron chi connectivity index (χ3n) is 5.09. The Kier molecular flexibility index (Phi) is 8.02. The number of nitrogen functional groups attached to an aromatic ring is 1. The van der Waals surface area contributed by atoms with Crippen molar-refractivity contribution >= 4 is 46.5 Å². The van der Waals surface area contributed by atoms with Gasteiger partial charge < -0.3 is 11.1 Å². The number of thiophene rings is 1. The lowest BCUT2D eigenvalue weighted by atomic mass is 10.0. The predicted molar refractivity (Wildman–Crippen MR) is 134 cm³/mol. The lowest BCUT2D eigenvalue weighted by Crippen LogP contribution is -2.16. The highest BCUT2D eigenvalue weighted by atomic mass is 32.2. The molecule has 1 aromatic heterocycles. The minimum atomic E-state index is -3.67. The van der Waals surface area contributed by atoms with Crippen molar-refractivity contribution in [3.8, 4) is 10.4 Å². The highest BCUT2D eigenvalue weighted by Crippen LogP contribution is 2.36. The normalized spacial score (nSPS) is 12.9. The minimum absolute atomic E-state index is 0.00154. The van der Waals surface area contributed by atoms with Gasteiger partial charge in [0.25, 0.3) is 5.91 Å². The Labute approximate surface area is 198 Å². The van der Waals surface area contributed by atoms with Crippen molar-refractivity contribution in [2.75, 3.05) is 23.5 Å². The molecule has 0 bridgehead atoms. The van der Waals surface area contributed by atoms with Crippen molar-refractivity contribution in [1.82, 2.24) is 0 Å². The van der Waals surface area contributed by atoms with E-state index in [9.17, 15) is 17.8 Å². The summed E-state index contributed by atoms with van der Waals surface area (Å²) in [5.74, 6) is -0.630. The molecule has 174 valence electrons. The number of carbonyl (C=O) groups excluding carboxylic acids is 1. The fourth-order valence-corrected chi connectivity index (χ4v) is 5.87. The molecular formula is C23H26N2O5PS2+. The number of benzene rings is 2. The van der Waals surface area contributed by atoms with Gasteiger partial charge in [-0.3, -0.25) is 4.79 Å². The van der Waals surface area contributed by atoms with Gasteiger partial charge >= 0.3 is 8.03 Å². The van der Waals surface area contributed by atoms with Crippen molar-refractivity contribution in [3.05, 3.63) is 65.0 Å². The molecule has 2 aromatic carbocycles. The van der Waals surface area contributed by atoms with Crippen LogP contribution in [-0.4, -0.2) is 26.7 Å². The largest absolute Gasteiger partial charge is 0.505 e. The maximum Gasteiger partial charge on any atom is 0.505 e. The Bertz CT molecular complexity index is 1270. The van der Waals surface area contributed by atoms with Crippen molar-refractivity contribution in [3.63, 3.8) is 0 Å². The molecule has 0 aliphatic heterocycles. The topological polar surface area (TPSA) is 116 Å². The maximum absolute atomic E-state index is 13.0. The van der Waals surface area contributed by atoms with Gasteiger partial charge in [-0.25, -0.2) is 8.42 Å². The van der Waals surface area contributed by atoms with Crippen LogP contribution in [0.3, 0.4) is 0 Å². The first kappa shape index (κ1) is 25.1. The van der Waals surface area contributed by atoms with Gasteiger partial charge in [-0.2, -0.15) is 0 Å². The van der Waals surface area contributed by atoms with Gasteiger partial charge in [-0.1, -0.05) is 32.0 Å². The molecule has 0 saturated carbocycles. The van der Waals surface area contributed by atoms with E-state index in [4.69, 9.17) is 10.3 Å². The van der Waals surface area contributed by atoms with E-state index < -0.39 is 29.9 Å². The third kappa shape index (κ3) is 5.86. The molecule has 0 aliphatic carbocycles. The summed E-state index contributed by atoms with van der Waals surface area (Å²) in [6, 6.07) is 13.7. The van der Waals surface area contributed by atoms with Gasteiger partial charge in [0, 0.05) is 16.0 Å². The average molecular weight is 506 g/mol. The van der Waals surface area contributed by atoms with Gasteiger partial charge in [0.1, 0.15) is 6.10 Å². The van der Waals surface area contributed by atoms with E-state index in [1.54, 1.807) is 29.5 Å². The molecule has 3 N–H and O–H groups in total. The van der Waals surface area contributed by atoms with Crippen LogP contribution in [0.15, 0.2) is 58.8 Å². The summed E-state index contributed by atoms with van der Waals surface area (Å²) < 4.78 is 42.7. The molecule has 0 fully saturated rings. The minimum Gasteiger partial charge on any atom is -0.397 e. The van der Waals surface area contributed by atoms with Gasteiger partial charge in [0.15, 0.2) is 16.5 Å². The van der Waals surface area contributed by atoms with Crippen molar-refractivity contribution < 1.29 is 22.3 Å². The summed E-state index contributed by atoms with van der Waals surface area (Å²) in [6.07, 6.45) is -0.233. The molecule has 7 nitrogen and oxygen atoms in total. The molecule has 10 heteroatoms. The van der Waals surface area contributed by atoms with Crippen LogP contribution in [0.1, 0.15) is 42.3 Å². The van der Waals surface area contributed by atoms with Gasteiger partial charge in [-0.05, 0) is 52.3 Å². The Morgan fingerprint density at radius 1 is 1.18 bits per heavy atom. The van der Waals surface area contributed by atoms with Crippen LogP contribution < -0.4 is 11.1 Å². The molecule has 0 spiro atoms. The number of anilines is 2. The molecule has 0 saturated heterocycles. The molecule has 1 heterocycles. The van der Waals surface area contributed by atoms with E-state index in [-0.39, 0.29) is 16.2 Å². The van der Waals surface area contributed by atoms with Crippen LogP contribution >= 0.6 is 19.4 Å². The molecule has 3 aromatic rings. The zero-order valence-corrected chi connectivity index (χ0v) is 21.1. The quantitative estimate of drug-likeness (QED) is 0.277. The van der Waals surface area contributed by atoms with E-state index in [2.05, 4.69) is 5.32 Å². The van der Waals surface area contributed by atoms with E-state index in [1.807, 2.05) is 30.5 Å². The molecule has 2 unspecified atom stereocenters. The molecule has 3 rings (SSSR count). The Balaban J connectivity index is 1.98. The second-order valence-electron chi connectivity index (χ2n) is 7.33. The number of hydrogen-bond acceptors (Lipinski definition) is 7. The highest BCUT2D eigenvalue weighted by molar-refractivity contribution is 7.91. The summed E-state index contributed by atoms with van der Waals surface area (Å²) in [4.78, 5) is 14.1. The average Bonchev–Trinajstić information content (AvgIpc) is 3.33. The van der Waals surface area contributed by atoms with Crippen LogP contribution in [0.2, 0.25) is 0 Å². The second-order valence-corrected chi connectivity index (χ2v) is 11.6. The lowest BCUT2D eigenvalue weighted by molar-refractivity contribution is 0.102. The van der Waals surface area contributed by atoms with E-state index in [0.717, 1.165) is 10.4 Å². The van der Waals surface area contributed by atoms with Crippen LogP contribution in [0, 0.1) is 0 Å². The van der Waals surface area contributed by atoms with Crippen LogP contribution in [-0.2, 0) is 18.9 Å². The molecule has 2 atom stereocenters. The monoisotopic (exact) mass is 505 g/mol. The number of rotatable bonds is 9. The van der Waals surface area contributed by atoms with Crippen molar-refractivity contribution in [2.45, 2.75) is 31.3 Å². The Morgan fingerprint density at radius 2 is 1.94 bits per heavy atom. The number of hydrogen-bond donors (Lipinski definition) is 2. The van der Waals surface area contributed by atoms with Crippen LogP contribution in [0.25, 0.3) is 10.4 Å². The first-order valence-electron chi connectivity index (χ1n) is 10.3. The summed E-state index contributed by atoms with van der Waals surface area (Å²) in [5, 5.41) is 4.75. The fraction of sp³-hybridized carbons (Fsp3) is 0.261. The molecule has 0 aliphatic rings. The van der Waals surface area contributed by atoms with E-state index >= 15 is 0 Å². The zero-order valence-electron chi connectivity index (χ0n) is 18.6. The van der Waals surface area contributed by atoms with Crippen molar-refractivity contribution in [2.24, 2.45) is 0 Å². The first-order chi connectivity index (χ1) is 15.7. The second kappa shape index (κ2) is 10.6. The van der Waals surface area contributed by atoms with Gasteiger partial charge in [0.05, 0.1) is 22.0 Å². The maximum atomic E-state index is 13.0. The van der Waals surface area contributed by atoms with Gasteiger partial charge in [0.2, 0.25) is 0 Å². The first-order valence-corrected chi connectivity index (χ1v) is 14.5. The number of amides is 1. The summed E-state index contributed by atoms with van der Waals surface area (Å²) in [5.41, 5.74) is 8.37. The number of carbonyl (C=O) groups is 1. The summed E-state index contributed by atoms with van der Waals surface area (Å²) in [6.45, 7) is 4.77. The third-order valence-corrected chi connectivity index (χ3v) is 8.35. The zero-order chi connectivity index (χ0) is 24.2. The molecule has 1 amide bonds. The summed E-state index contributed by atoms with van der Waals surface area (Å²) >= 11 is 1.57. The predicted octanol–water partition coefficient (Wildman–Crippen LogP) is 5.88. The number of sulfone groups is 1. The summed E-state index contributed by atoms with van der Waals surface area (Å²) in [7, 11) is -5.61. The Morgan fingerprint density at radius 3 is 2.55 bits per heavy atom. The van der Waals surface area contributed by atoms with E-state index in [0.29, 0.717) is 23.4 Å². The molecule has 0 radical (unpaired) electrons. The molecular weight excluding hydrogens is 479 g/mol. The number of nitrogens with two attached hydrogens (primary N) is 1. The molecule has 33 heavy (non-hydrogen) atoms. The SMILES string of the molecule is CCC(O[P+](C)=O)c1ccc(C(=O)Nc2cc(-c3cccs3)ccc2N)cc1S(=O)(=O)CC. The van der Waals surface area contributed by atoms with Gasteiger partial charge in [-0.15, -0.1) is 15.9 Å². The fourth-order valence-electron chi connectivity index (χ4n) is 3.35. The lowest BCUT2D eigenvalue weighted by Gasteiger charge is -2.16.